The van der Waals surface area contributed by atoms with Crippen LogP contribution in [-0.2, 0) is 4.79 Å². The first-order valence-corrected chi connectivity index (χ1v) is 5.12. The number of ketones is 1. The fourth-order valence-corrected chi connectivity index (χ4v) is 2.72. The zero-order valence-electron chi connectivity index (χ0n) is 7.25. The van der Waals surface area contributed by atoms with Crippen molar-refractivity contribution in [3.63, 3.8) is 0 Å². The number of carbonyl (C=O) groups is 1. The summed E-state index contributed by atoms with van der Waals surface area (Å²) in [5.41, 5.74) is 0. The predicted octanol–water partition coefficient (Wildman–Crippen LogP) is 0.821. The second kappa shape index (κ2) is 2.32. The number of Topliss-reactive ketones (excluding diaryl/α,β-unsaturated/α-hetero) is 1. The van der Waals surface area contributed by atoms with Gasteiger partial charge in [-0.2, -0.15) is 0 Å². The molecule has 0 bridgehead atoms. The minimum atomic E-state index is 0.479. The lowest BCUT2D eigenvalue weighted by molar-refractivity contribution is -0.121. The molecule has 1 N–H and O–H groups in total. The normalized spacial score (nSPS) is 45.2. The molecule has 0 aromatic carbocycles. The van der Waals surface area contributed by atoms with Crippen LogP contribution in [0.15, 0.2) is 0 Å². The molecule has 66 valence electrons. The molecule has 1 saturated heterocycles. The molecular formula is C10H15NO. The van der Waals surface area contributed by atoms with Crippen molar-refractivity contribution in [2.75, 3.05) is 13.1 Å². The Bertz CT molecular complexity index is 210. The monoisotopic (exact) mass is 165 g/mol. The number of nitrogens with one attached hydrogen (secondary N) is 1. The SMILES string of the molecule is O=C(C1CC1)C1C2CCNCC21. The van der Waals surface area contributed by atoms with Crippen LogP contribution in [0.1, 0.15) is 19.3 Å². The van der Waals surface area contributed by atoms with Crippen molar-refractivity contribution in [2.45, 2.75) is 19.3 Å². The summed E-state index contributed by atoms with van der Waals surface area (Å²) in [7, 11) is 0. The second-order valence-electron chi connectivity index (χ2n) is 4.52. The first kappa shape index (κ1) is 7.07. The summed E-state index contributed by atoms with van der Waals surface area (Å²) in [6, 6.07) is 0. The van der Waals surface area contributed by atoms with Gasteiger partial charge in [-0.25, -0.2) is 0 Å². The van der Waals surface area contributed by atoms with E-state index < -0.39 is 0 Å². The maximum absolute atomic E-state index is 11.7. The van der Waals surface area contributed by atoms with Crippen LogP contribution in [0.4, 0.5) is 0 Å². The summed E-state index contributed by atoms with van der Waals surface area (Å²) in [6.07, 6.45) is 3.61. The quantitative estimate of drug-likeness (QED) is 0.656. The third-order valence-corrected chi connectivity index (χ3v) is 3.67. The predicted molar refractivity (Wildman–Crippen MR) is 45.7 cm³/mol. The van der Waals surface area contributed by atoms with Crippen LogP contribution >= 0.6 is 0 Å². The Kier molecular flexibility index (Phi) is 1.37. The zero-order valence-corrected chi connectivity index (χ0v) is 7.25. The lowest BCUT2D eigenvalue weighted by Gasteiger charge is -2.07. The average Bonchev–Trinajstić information content (AvgIpc) is 2.99. The van der Waals surface area contributed by atoms with E-state index in [0.29, 0.717) is 17.6 Å². The Hall–Kier alpha value is -0.370. The maximum Gasteiger partial charge on any atom is 0.139 e. The molecule has 0 aromatic rings. The van der Waals surface area contributed by atoms with Gasteiger partial charge in [0.05, 0.1) is 0 Å². The minimum Gasteiger partial charge on any atom is -0.316 e. The molecule has 2 heteroatoms. The van der Waals surface area contributed by atoms with Gasteiger partial charge in [-0.3, -0.25) is 4.79 Å². The van der Waals surface area contributed by atoms with Gasteiger partial charge in [-0.1, -0.05) is 0 Å². The fraction of sp³-hybridized carbons (Fsp3) is 0.900. The van der Waals surface area contributed by atoms with Crippen molar-refractivity contribution in [1.29, 1.82) is 0 Å². The lowest BCUT2D eigenvalue weighted by atomic mass is 10.1. The molecule has 0 spiro atoms. The number of hydrogen-bond donors (Lipinski definition) is 1. The molecular weight excluding hydrogens is 150 g/mol. The number of carbonyl (C=O) groups excluding carboxylic acids is 1. The lowest BCUT2D eigenvalue weighted by Crippen LogP contribution is -2.23. The number of hydrogen-bond acceptors (Lipinski definition) is 2. The standard InChI is InChI=1S/C10H15NO/c12-10(6-1-2-6)9-7-3-4-11-5-8(7)9/h6-9,11H,1-5H2. The van der Waals surface area contributed by atoms with Crippen LogP contribution in [0.5, 0.6) is 0 Å². The zero-order chi connectivity index (χ0) is 8.13. The summed E-state index contributed by atoms with van der Waals surface area (Å²) in [4.78, 5) is 11.7. The highest BCUT2D eigenvalue weighted by Gasteiger charge is 2.57. The molecule has 3 unspecified atom stereocenters. The fourth-order valence-electron chi connectivity index (χ4n) is 2.72. The smallest absolute Gasteiger partial charge is 0.139 e. The third-order valence-electron chi connectivity index (χ3n) is 3.67. The molecule has 2 saturated carbocycles. The van der Waals surface area contributed by atoms with E-state index in [9.17, 15) is 4.79 Å². The Balaban J connectivity index is 1.67. The van der Waals surface area contributed by atoms with Gasteiger partial charge in [0.15, 0.2) is 0 Å². The van der Waals surface area contributed by atoms with E-state index in [2.05, 4.69) is 5.32 Å². The molecule has 3 fully saturated rings. The van der Waals surface area contributed by atoms with Crippen molar-refractivity contribution in [2.24, 2.45) is 23.7 Å². The van der Waals surface area contributed by atoms with Crippen LogP contribution in [0, 0.1) is 23.7 Å². The molecule has 0 radical (unpaired) electrons. The van der Waals surface area contributed by atoms with Gasteiger partial charge < -0.3 is 5.32 Å². The Morgan fingerprint density at radius 1 is 1.17 bits per heavy atom. The van der Waals surface area contributed by atoms with E-state index >= 15 is 0 Å². The van der Waals surface area contributed by atoms with Crippen LogP contribution in [0.2, 0.25) is 0 Å². The summed E-state index contributed by atoms with van der Waals surface area (Å²) in [6.45, 7) is 2.24. The summed E-state index contributed by atoms with van der Waals surface area (Å²) in [5.74, 6) is 3.08. The average molecular weight is 165 g/mol. The van der Waals surface area contributed by atoms with Crippen LogP contribution < -0.4 is 5.32 Å². The molecule has 0 amide bonds. The van der Waals surface area contributed by atoms with Crippen molar-refractivity contribution < 1.29 is 4.79 Å². The number of piperidine rings is 1. The van der Waals surface area contributed by atoms with Crippen molar-refractivity contribution in [1.82, 2.24) is 5.32 Å². The minimum absolute atomic E-state index is 0.479. The van der Waals surface area contributed by atoms with Gasteiger partial charge in [0.2, 0.25) is 0 Å². The van der Waals surface area contributed by atoms with E-state index in [1.54, 1.807) is 0 Å². The van der Waals surface area contributed by atoms with E-state index in [4.69, 9.17) is 0 Å². The molecule has 3 rings (SSSR count). The van der Waals surface area contributed by atoms with Gasteiger partial charge in [0.25, 0.3) is 0 Å². The Morgan fingerprint density at radius 3 is 2.58 bits per heavy atom. The highest BCUT2D eigenvalue weighted by molar-refractivity contribution is 5.88. The van der Waals surface area contributed by atoms with E-state index in [1.807, 2.05) is 0 Å². The van der Waals surface area contributed by atoms with Gasteiger partial charge in [0.1, 0.15) is 5.78 Å². The second-order valence-corrected chi connectivity index (χ2v) is 4.52. The molecule has 3 aliphatic rings. The molecule has 12 heavy (non-hydrogen) atoms. The molecule has 2 nitrogen and oxygen atoms in total. The van der Waals surface area contributed by atoms with E-state index in [1.165, 1.54) is 19.3 Å². The maximum atomic E-state index is 11.7. The molecule has 1 heterocycles. The van der Waals surface area contributed by atoms with E-state index in [0.717, 1.165) is 24.9 Å². The molecule has 3 atom stereocenters. The molecule has 2 aliphatic carbocycles. The summed E-state index contributed by atoms with van der Waals surface area (Å²) < 4.78 is 0. The highest BCUT2D eigenvalue weighted by Crippen LogP contribution is 2.53. The third kappa shape index (κ3) is 0.939. The van der Waals surface area contributed by atoms with Gasteiger partial charge in [-0.15, -0.1) is 0 Å². The largest absolute Gasteiger partial charge is 0.316 e. The summed E-state index contributed by atoms with van der Waals surface area (Å²) in [5, 5.41) is 3.37. The number of fused-ring (bicyclic) bond motifs is 1. The molecule has 0 aromatic heterocycles. The van der Waals surface area contributed by atoms with Crippen molar-refractivity contribution in [3.8, 4) is 0 Å². The van der Waals surface area contributed by atoms with Crippen LogP contribution in [0.3, 0.4) is 0 Å². The van der Waals surface area contributed by atoms with Crippen molar-refractivity contribution in [3.05, 3.63) is 0 Å². The highest BCUT2D eigenvalue weighted by atomic mass is 16.1. The first-order chi connectivity index (χ1) is 5.88. The molecule has 1 aliphatic heterocycles. The van der Waals surface area contributed by atoms with Crippen LogP contribution in [-0.4, -0.2) is 18.9 Å². The van der Waals surface area contributed by atoms with Crippen molar-refractivity contribution >= 4 is 5.78 Å². The Morgan fingerprint density at radius 2 is 2.00 bits per heavy atom. The summed E-state index contributed by atoms with van der Waals surface area (Å²) >= 11 is 0. The first-order valence-electron chi connectivity index (χ1n) is 5.12. The van der Waals surface area contributed by atoms with Gasteiger partial charge in [0, 0.05) is 11.8 Å². The van der Waals surface area contributed by atoms with Crippen LogP contribution in [0.25, 0.3) is 0 Å². The van der Waals surface area contributed by atoms with Gasteiger partial charge >= 0.3 is 0 Å². The topological polar surface area (TPSA) is 29.1 Å². The van der Waals surface area contributed by atoms with Gasteiger partial charge in [-0.05, 0) is 44.2 Å². The number of rotatable bonds is 2. The van der Waals surface area contributed by atoms with E-state index in [-0.39, 0.29) is 0 Å². The Labute approximate surface area is 72.7 Å².